The molecule has 3 atom stereocenters. The third kappa shape index (κ3) is 8.35. The molecule has 2 amide bonds. The van der Waals surface area contributed by atoms with Gasteiger partial charge in [0.15, 0.2) is 5.01 Å². The van der Waals surface area contributed by atoms with E-state index in [9.17, 15) is 23.9 Å². The molecule has 1 unspecified atom stereocenters. The SMILES string of the molecule is Cc1ccccc1-c1ncc(C(=O)N[C@@H](CCC(C)O)C(=O)N[C@@H](CCc2ccc(F)cc2)C(=O)c2nccs2)s1. The minimum atomic E-state index is -1.00. The predicted molar refractivity (Wildman–Crippen MR) is 158 cm³/mol. The second-order valence-corrected chi connectivity index (χ2v) is 11.7. The van der Waals surface area contributed by atoms with Crippen molar-refractivity contribution in [2.45, 2.75) is 57.7 Å². The van der Waals surface area contributed by atoms with Crippen molar-refractivity contribution in [1.29, 1.82) is 0 Å². The molecular weight excluding hydrogens is 563 g/mol. The molecular formula is C30H31FN4O4S2. The zero-order valence-corrected chi connectivity index (χ0v) is 24.3. The van der Waals surface area contributed by atoms with Crippen LogP contribution in [-0.2, 0) is 11.2 Å². The highest BCUT2D eigenvalue weighted by Crippen LogP contribution is 2.28. The van der Waals surface area contributed by atoms with Gasteiger partial charge in [-0.25, -0.2) is 14.4 Å². The van der Waals surface area contributed by atoms with Gasteiger partial charge in [0.2, 0.25) is 11.7 Å². The minimum Gasteiger partial charge on any atom is -0.393 e. The number of carbonyl (C=O) groups is 3. The molecule has 0 aliphatic heterocycles. The maximum Gasteiger partial charge on any atom is 0.263 e. The van der Waals surface area contributed by atoms with Crippen LogP contribution in [-0.4, -0.2) is 50.9 Å². The number of Topliss-reactive ketones (excluding diaryl/α,β-unsaturated/α-hetero) is 1. The number of thiazole rings is 2. The Morgan fingerprint density at radius 3 is 2.41 bits per heavy atom. The normalized spacial score (nSPS) is 13.3. The predicted octanol–water partition coefficient (Wildman–Crippen LogP) is 4.97. The first-order valence-corrected chi connectivity index (χ1v) is 14.9. The number of hydrogen-bond acceptors (Lipinski definition) is 8. The van der Waals surface area contributed by atoms with E-state index in [0.29, 0.717) is 16.3 Å². The van der Waals surface area contributed by atoms with Gasteiger partial charge in [0.05, 0.1) is 18.3 Å². The van der Waals surface area contributed by atoms with E-state index in [1.807, 2.05) is 31.2 Å². The Labute approximate surface area is 245 Å². The highest BCUT2D eigenvalue weighted by Gasteiger charge is 2.29. The molecule has 0 spiro atoms. The zero-order chi connectivity index (χ0) is 29.4. The second-order valence-electron chi connectivity index (χ2n) is 9.72. The van der Waals surface area contributed by atoms with Gasteiger partial charge in [0, 0.05) is 17.1 Å². The summed E-state index contributed by atoms with van der Waals surface area (Å²) in [5.41, 5.74) is 2.76. The maximum absolute atomic E-state index is 13.5. The first-order valence-electron chi connectivity index (χ1n) is 13.2. The fourth-order valence-electron chi connectivity index (χ4n) is 4.22. The van der Waals surface area contributed by atoms with Crippen LogP contribution in [0.25, 0.3) is 10.6 Å². The summed E-state index contributed by atoms with van der Waals surface area (Å²) in [5, 5.41) is 18.1. The number of aliphatic hydroxyl groups excluding tert-OH is 1. The van der Waals surface area contributed by atoms with Crippen LogP contribution in [0.3, 0.4) is 0 Å². The zero-order valence-electron chi connectivity index (χ0n) is 22.7. The van der Waals surface area contributed by atoms with Crippen LogP contribution >= 0.6 is 22.7 Å². The third-order valence-corrected chi connectivity index (χ3v) is 8.33. The molecule has 3 N–H and O–H groups in total. The van der Waals surface area contributed by atoms with Gasteiger partial charge in [-0.3, -0.25) is 14.4 Å². The number of aromatic nitrogens is 2. The van der Waals surface area contributed by atoms with Crippen molar-refractivity contribution >= 4 is 40.3 Å². The van der Waals surface area contributed by atoms with Crippen LogP contribution in [0.2, 0.25) is 0 Å². The maximum atomic E-state index is 13.5. The fourth-order valence-corrected chi connectivity index (χ4v) is 5.76. The lowest BCUT2D eigenvalue weighted by molar-refractivity contribution is -0.123. The molecule has 11 heteroatoms. The van der Waals surface area contributed by atoms with Crippen molar-refractivity contribution < 1.29 is 23.9 Å². The lowest BCUT2D eigenvalue weighted by Crippen LogP contribution is -2.51. The van der Waals surface area contributed by atoms with Crippen LogP contribution in [0, 0.1) is 12.7 Å². The molecule has 4 aromatic rings. The number of rotatable bonds is 13. The summed E-state index contributed by atoms with van der Waals surface area (Å²) in [6.45, 7) is 3.57. The number of nitrogens with zero attached hydrogens (tertiary/aromatic N) is 2. The van der Waals surface area contributed by atoms with E-state index >= 15 is 0 Å². The van der Waals surface area contributed by atoms with Crippen LogP contribution in [0.4, 0.5) is 4.39 Å². The summed E-state index contributed by atoms with van der Waals surface area (Å²) in [6.07, 6.45) is 3.39. The molecule has 4 rings (SSSR count). The molecule has 0 aliphatic carbocycles. The summed E-state index contributed by atoms with van der Waals surface area (Å²) in [4.78, 5) is 48.8. The van der Waals surface area contributed by atoms with E-state index in [2.05, 4.69) is 20.6 Å². The molecule has 0 radical (unpaired) electrons. The minimum absolute atomic E-state index is 0.162. The highest BCUT2D eigenvalue weighted by atomic mass is 32.1. The summed E-state index contributed by atoms with van der Waals surface area (Å²) in [7, 11) is 0. The van der Waals surface area contributed by atoms with Crippen molar-refractivity contribution in [2.75, 3.05) is 0 Å². The van der Waals surface area contributed by atoms with Gasteiger partial charge < -0.3 is 15.7 Å². The number of aryl methyl sites for hydroxylation is 2. The third-order valence-electron chi connectivity index (χ3n) is 6.51. The van der Waals surface area contributed by atoms with Gasteiger partial charge >= 0.3 is 0 Å². The summed E-state index contributed by atoms with van der Waals surface area (Å²) in [5.74, 6) is -1.72. The van der Waals surface area contributed by atoms with Gasteiger partial charge in [-0.05, 0) is 62.8 Å². The van der Waals surface area contributed by atoms with Crippen LogP contribution in [0.15, 0.2) is 66.3 Å². The van der Waals surface area contributed by atoms with E-state index in [-0.39, 0.29) is 35.9 Å². The van der Waals surface area contributed by atoms with E-state index in [1.165, 1.54) is 47.2 Å². The van der Waals surface area contributed by atoms with E-state index in [4.69, 9.17) is 0 Å². The van der Waals surface area contributed by atoms with Crippen LogP contribution in [0.1, 0.15) is 56.8 Å². The van der Waals surface area contributed by atoms with Crippen molar-refractivity contribution in [3.63, 3.8) is 0 Å². The van der Waals surface area contributed by atoms with Gasteiger partial charge in [0.25, 0.3) is 5.91 Å². The molecule has 41 heavy (non-hydrogen) atoms. The summed E-state index contributed by atoms with van der Waals surface area (Å²) >= 11 is 2.39. The number of carbonyl (C=O) groups excluding carboxylic acids is 3. The second kappa shape index (κ2) is 14.2. The van der Waals surface area contributed by atoms with E-state index in [0.717, 1.165) is 16.7 Å². The fraction of sp³-hybridized carbons (Fsp3) is 0.300. The topological polar surface area (TPSA) is 121 Å². The quantitative estimate of drug-likeness (QED) is 0.188. The largest absolute Gasteiger partial charge is 0.393 e. The van der Waals surface area contributed by atoms with Crippen molar-refractivity contribution in [3.8, 4) is 10.6 Å². The van der Waals surface area contributed by atoms with Gasteiger partial charge in [-0.15, -0.1) is 22.7 Å². The van der Waals surface area contributed by atoms with E-state index < -0.39 is 30.0 Å². The van der Waals surface area contributed by atoms with Crippen molar-refractivity contribution in [2.24, 2.45) is 0 Å². The van der Waals surface area contributed by atoms with Crippen LogP contribution in [0.5, 0.6) is 0 Å². The molecule has 0 aliphatic rings. The Morgan fingerprint density at radius 2 is 1.73 bits per heavy atom. The first kappa shape index (κ1) is 30.2. The van der Waals surface area contributed by atoms with Crippen molar-refractivity contribution in [3.05, 3.63) is 93.1 Å². The Balaban J connectivity index is 1.50. The van der Waals surface area contributed by atoms with Gasteiger partial charge in [-0.2, -0.15) is 0 Å². The molecule has 0 saturated carbocycles. The Hall–Kier alpha value is -3.80. The molecule has 0 bridgehead atoms. The van der Waals surface area contributed by atoms with Crippen LogP contribution < -0.4 is 10.6 Å². The molecule has 214 valence electrons. The Kier molecular flexibility index (Phi) is 10.4. The molecule has 2 aromatic heterocycles. The highest BCUT2D eigenvalue weighted by molar-refractivity contribution is 7.17. The Bertz CT molecular complexity index is 1470. The number of benzene rings is 2. The van der Waals surface area contributed by atoms with Gasteiger partial charge in [0.1, 0.15) is 21.7 Å². The molecule has 2 aromatic carbocycles. The monoisotopic (exact) mass is 594 g/mol. The summed E-state index contributed by atoms with van der Waals surface area (Å²) < 4.78 is 13.3. The smallest absolute Gasteiger partial charge is 0.263 e. The molecule has 0 saturated heterocycles. The number of ketones is 1. The molecule has 0 fully saturated rings. The standard InChI is InChI=1S/C30H31FN4O4S2/c1-18-5-3-4-6-22(18)29-33-17-25(41-29)28(39)35-24(13-7-19(2)36)27(38)34-23(26(37)30-32-15-16-40-30)14-10-20-8-11-21(31)12-9-20/h3-6,8-9,11-12,15-17,19,23-24,36H,7,10,13-14H2,1-2H3,(H,34,38)(H,35,39)/t19?,23-,24-/m0/s1. The number of hydrogen-bond donors (Lipinski definition) is 3. The molecule has 8 nitrogen and oxygen atoms in total. The van der Waals surface area contributed by atoms with Gasteiger partial charge in [-0.1, -0.05) is 36.4 Å². The average molecular weight is 595 g/mol. The Morgan fingerprint density at radius 1 is 0.976 bits per heavy atom. The lowest BCUT2D eigenvalue weighted by Gasteiger charge is -2.23. The number of aliphatic hydroxyl groups is 1. The van der Waals surface area contributed by atoms with Crippen molar-refractivity contribution in [1.82, 2.24) is 20.6 Å². The number of halogens is 1. The summed E-state index contributed by atoms with van der Waals surface area (Å²) in [6, 6.07) is 11.8. The molecule has 2 heterocycles. The number of amides is 2. The first-order chi connectivity index (χ1) is 19.7. The number of nitrogens with one attached hydrogen (secondary N) is 2. The lowest BCUT2D eigenvalue weighted by atomic mass is 10.0. The average Bonchev–Trinajstić information content (AvgIpc) is 3.67. The van der Waals surface area contributed by atoms with E-state index in [1.54, 1.807) is 24.4 Å².